The van der Waals surface area contributed by atoms with Crippen LogP contribution in [0.5, 0.6) is 0 Å². The molecule has 25 heavy (non-hydrogen) atoms. The smallest absolute Gasteiger partial charge is 0.251 e. The van der Waals surface area contributed by atoms with E-state index in [1.54, 1.807) is 6.07 Å². The van der Waals surface area contributed by atoms with E-state index in [-0.39, 0.29) is 36.6 Å². The predicted molar refractivity (Wildman–Crippen MR) is 107 cm³/mol. The van der Waals surface area contributed by atoms with Gasteiger partial charge in [0.1, 0.15) is 0 Å². The second-order valence-electron chi connectivity index (χ2n) is 5.74. The normalized spacial score (nSPS) is 9.76. The van der Waals surface area contributed by atoms with Gasteiger partial charge in [-0.15, -0.1) is 24.8 Å². The van der Waals surface area contributed by atoms with E-state index in [0.29, 0.717) is 25.1 Å². The van der Waals surface area contributed by atoms with Crippen LogP contribution in [0.3, 0.4) is 0 Å². The summed E-state index contributed by atoms with van der Waals surface area (Å²) in [6.07, 6.45) is 1.32. The minimum absolute atomic E-state index is 0. The van der Waals surface area contributed by atoms with E-state index >= 15 is 0 Å². The van der Waals surface area contributed by atoms with Gasteiger partial charge in [-0.1, -0.05) is 12.1 Å². The number of carbonyl (C=O) groups excluding carboxylic acids is 2. The molecule has 0 atom stereocenters. The Bertz CT molecular complexity index is 513. The lowest BCUT2D eigenvalue weighted by atomic mass is 10.1. The van der Waals surface area contributed by atoms with Crippen molar-refractivity contribution in [1.29, 1.82) is 0 Å². The van der Waals surface area contributed by atoms with E-state index in [0.717, 1.165) is 25.1 Å². The standard InChI is InChI=1S/C17H28N4O2.2ClH/c1-18-9-5-8-16(22)20-13-14-6-4-7-15(12-14)17(23)19-10-11-21(2)3;;/h4,6-7,12,18H,5,8-11,13H2,1-3H3,(H,19,23)(H,20,22);2*1H. The number of nitrogens with one attached hydrogen (secondary N) is 3. The number of halogens is 2. The molecule has 0 bridgehead atoms. The van der Waals surface area contributed by atoms with Crippen LogP contribution in [0.25, 0.3) is 0 Å². The zero-order valence-corrected chi connectivity index (χ0v) is 16.8. The topological polar surface area (TPSA) is 73.5 Å². The van der Waals surface area contributed by atoms with Crippen molar-refractivity contribution in [3.8, 4) is 0 Å². The molecule has 0 fully saturated rings. The molecule has 0 aromatic heterocycles. The molecule has 0 heterocycles. The van der Waals surface area contributed by atoms with Gasteiger partial charge in [0.25, 0.3) is 5.91 Å². The lowest BCUT2D eigenvalue weighted by Crippen LogP contribution is -2.31. The molecule has 0 unspecified atom stereocenters. The van der Waals surface area contributed by atoms with Crippen LogP contribution in [0.1, 0.15) is 28.8 Å². The van der Waals surface area contributed by atoms with E-state index in [1.165, 1.54) is 0 Å². The largest absolute Gasteiger partial charge is 0.352 e. The molecule has 0 radical (unpaired) electrons. The van der Waals surface area contributed by atoms with E-state index in [9.17, 15) is 9.59 Å². The van der Waals surface area contributed by atoms with Gasteiger partial charge in [0.05, 0.1) is 0 Å². The zero-order chi connectivity index (χ0) is 17.1. The summed E-state index contributed by atoms with van der Waals surface area (Å²) in [5.41, 5.74) is 1.54. The van der Waals surface area contributed by atoms with Crippen molar-refractivity contribution in [3.05, 3.63) is 35.4 Å². The maximum absolute atomic E-state index is 12.1. The summed E-state index contributed by atoms with van der Waals surface area (Å²) in [5.74, 6) is -0.0601. The first-order valence-corrected chi connectivity index (χ1v) is 7.96. The molecule has 0 saturated heterocycles. The Balaban J connectivity index is 0. The van der Waals surface area contributed by atoms with Crippen molar-refractivity contribution >= 4 is 36.6 Å². The van der Waals surface area contributed by atoms with Gasteiger partial charge in [-0.2, -0.15) is 0 Å². The Morgan fingerprint density at radius 1 is 1.08 bits per heavy atom. The molecule has 1 rings (SSSR count). The molecule has 0 aliphatic carbocycles. The zero-order valence-electron chi connectivity index (χ0n) is 15.1. The second kappa shape index (κ2) is 15.0. The molecule has 0 spiro atoms. The third kappa shape index (κ3) is 11.8. The SMILES string of the molecule is CNCCCC(=O)NCc1cccc(C(=O)NCCN(C)C)c1.Cl.Cl. The summed E-state index contributed by atoms with van der Waals surface area (Å²) in [6.45, 7) is 2.68. The fourth-order valence-electron chi connectivity index (χ4n) is 2.03. The van der Waals surface area contributed by atoms with E-state index in [4.69, 9.17) is 0 Å². The lowest BCUT2D eigenvalue weighted by Gasteiger charge is -2.11. The van der Waals surface area contributed by atoms with Gasteiger partial charge < -0.3 is 20.9 Å². The van der Waals surface area contributed by atoms with Crippen LogP contribution in [0.4, 0.5) is 0 Å². The Labute approximate surface area is 162 Å². The average Bonchev–Trinajstić information content (AvgIpc) is 2.53. The Kier molecular flexibility index (Phi) is 15.5. The number of hydrogen-bond donors (Lipinski definition) is 3. The average molecular weight is 393 g/mol. The van der Waals surface area contributed by atoms with Crippen LogP contribution in [-0.4, -0.2) is 57.5 Å². The maximum Gasteiger partial charge on any atom is 0.251 e. The van der Waals surface area contributed by atoms with Crippen molar-refractivity contribution in [2.45, 2.75) is 19.4 Å². The van der Waals surface area contributed by atoms with Gasteiger partial charge >= 0.3 is 0 Å². The molecule has 8 heteroatoms. The molecular weight excluding hydrogens is 363 g/mol. The summed E-state index contributed by atoms with van der Waals surface area (Å²) >= 11 is 0. The van der Waals surface area contributed by atoms with E-state index in [1.807, 2.05) is 44.2 Å². The Morgan fingerprint density at radius 3 is 2.44 bits per heavy atom. The summed E-state index contributed by atoms with van der Waals surface area (Å²) in [7, 11) is 5.80. The number of benzene rings is 1. The number of rotatable bonds is 10. The number of amides is 2. The highest BCUT2D eigenvalue weighted by molar-refractivity contribution is 5.94. The van der Waals surface area contributed by atoms with E-state index < -0.39 is 0 Å². The minimum atomic E-state index is -0.0888. The summed E-state index contributed by atoms with van der Waals surface area (Å²) in [6, 6.07) is 7.34. The summed E-state index contributed by atoms with van der Waals surface area (Å²) in [5, 5.41) is 8.77. The number of carbonyl (C=O) groups is 2. The van der Waals surface area contributed by atoms with Crippen LogP contribution < -0.4 is 16.0 Å². The van der Waals surface area contributed by atoms with Gasteiger partial charge in [0.15, 0.2) is 0 Å². The van der Waals surface area contributed by atoms with Crippen LogP contribution in [0, 0.1) is 0 Å². The lowest BCUT2D eigenvalue weighted by molar-refractivity contribution is -0.121. The third-order valence-electron chi connectivity index (χ3n) is 3.35. The molecule has 6 nitrogen and oxygen atoms in total. The highest BCUT2D eigenvalue weighted by Gasteiger charge is 2.07. The summed E-state index contributed by atoms with van der Waals surface area (Å²) in [4.78, 5) is 25.8. The van der Waals surface area contributed by atoms with Gasteiger partial charge in [0.2, 0.25) is 5.91 Å². The second-order valence-corrected chi connectivity index (χ2v) is 5.74. The van der Waals surface area contributed by atoms with Crippen LogP contribution in [0.15, 0.2) is 24.3 Å². The Hall–Kier alpha value is -1.34. The van der Waals surface area contributed by atoms with Crippen molar-refractivity contribution in [2.24, 2.45) is 0 Å². The monoisotopic (exact) mass is 392 g/mol. The highest BCUT2D eigenvalue weighted by atomic mass is 35.5. The number of likely N-dealkylation sites (N-methyl/N-ethyl adjacent to an activating group) is 1. The van der Waals surface area contributed by atoms with Crippen molar-refractivity contribution in [2.75, 3.05) is 40.8 Å². The Morgan fingerprint density at radius 2 is 1.80 bits per heavy atom. The van der Waals surface area contributed by atoms with Crippen LogP contribution in [-0.2, 0) is 11.3 Å². The maximum atomic E-state index is 12.1. The van der Waals surface area contributed by atoms with Gasteiger partial charge in [-0.3, -0.25) is 9.59 Å². The van der Waals surface area contributed by atoms with Gasteiger partial charge in [-0.05, 0) is 51.8 Å². The molecule has 2 amide bonds. The fraction of sp³-hybridized carbons (Fsp3) is 0.529. The first-order chi connectivity index (χ1) is 11.0. The van der Waals surface area contributed by atoms with E-state index in [2.05, 4.69) is 16.0 Å². The molecule has 3 N–H and O–H groups in total. The first-order valence-electron chi connectivity index (χ1n) is 7.96. The highest BCUT2D eigenvalue weighted by Crippen LogP contribution is 2.05. The van der Waals surface area contributed by atoms with Crippen molar-refractivity contribution < 1.29 is 9.59 Å². The van der Waals surface area contributed by atoms with Gasteiger partial charge in [0, 0.05) is 31.6 Å². The van der Waals surface area contributed by atoms with Crippen molar-refractivity contribution in [3.63, 3.8) is 0 Å². The summed E-state index contributed by atoms with van der Waals surface area (Å²) < 4.78 is 0. The van der Waals surface area contributed by atoms with Crippen LogP contribution >= 0.6 is 24.8 Å². The predicted octanol–water partition coefficient (Wildman–Crippen LogP) is 1.44. The molecule has 0 aliphatic rings. The molecule has 0 saturated carbocycles. The molecular formula is C17H30Cl2N4O2. The number of hydrogen-bond acceptors (Lipinski definition) is 4. The minimum Gasteiger partial charge on any atom is -0.352 e. The quantitative estimate of drug-likeness (QED) is 0.526. The number of nitrogens with zero attached hydrogens (tertiary/aromatic N) is 1. The van der Waals surface area contributed by atoms with Crippen LogP contribution in [0.2, 0.25) is 0 Å². The molecule has 144 valence electrons. The third-order valence-corrected chi connectivity index (χ3v) is 3.35. The molecule has 1 aromatic rings. The van der Waals surface area contributed by atoms with Gasteiger partial charge in [-0.25, -0.2) is 0 Å². The molecule has 0 aliphatic heterocycles. The fourth-order valence-corrected chi connectivity index (χ4v) is 2.03. The molecule has 1 aromatic carbocycles. The van der Waals surface area contributed by atoms with Crippen molar-refractivity contribution in [1.82, 2.24) is 20.9 Å². The first kappa shape index (κ1) is 25.9.